The molecule has 1 unspecified atom stereocenters. The molecule has 6 heteroatoms. The van der Waals surface area contributed by atoms with Crippen LogP contribution in [0.3, 0.4) is 0 Å². The summed E-state index contributed by atoms with van der Waals surface area (Å²) >= 11 is 15.6. The van der Waals surface area contributed by atoms with Gasteiger partial charge in [0.1, 0.15) is 6.10 Å². The Bertz CT molecular complexity index is 480. The average molecular weight is 389 g/mol. The molecule has 0 saturated carbocycles. The van der Waals surface area contributed by atoms with Crippen LogP contribution >= 0.6 is 66.1 Å². The summed E-state index contributed by atoms with van der Waals surface area (Å²) in [6.45, 7) is 0. The molecule has 0 aromatic carbocycles. The highest BCUT2D eigenvalue weighted by molar-refractivity contribution is 9.12. The highest BCUT2D eigenvalue weighted by atomic mass is 79.9. The molecule has 15 heavy (non-hydrogen) atoms. The van der Waals surface area contributed by atoms with E-state index in [0.717, 1.165) is 18.0 Å². The normalized spacial score (nSPS) is 13.1. The third-order valence-corrected chi connectivity index (χ3v) is 5.51. The fourth-order valence-electron chi connectivity index (χ4n) is 1.17. The van der Waals surface area contributed by atoms with E-state index in [1.165, 1.54) is 11.3 Å². The minimum absolute atomic E-state index is 0.612. The van der Waals surface area contributed by atoms with Crippen LogP contribution in [0.15, 0.2) is 25.8 Å². The Kier molecular flexibility index (Phi) is 3.91. The van der Waals surface area contributed by atoms with E-state index in [-0.39, 0.29) is 0 Å². The molecule has 1 N–H and O–H groups in total. The summed E-state index contributed by atoms with van der Waals surface area (Å²) in [6, 6.07) is 5.54. The summed E-state index contributed by atoms with van der Waals surface area (Å²) in [7, 11) is 0. The second-order valence-electron chi connectivity index (χ2n) is 2.82. The Balaban J connectivity index is 2.35. The number of thiophene rings is 2. The van der Waals surface area contributed by atoms with Crippen molar-refractivity contribution in [1.29, 1.82) is 0 Å². The van der Waals surface area contributed by atoms with Gasteiger partial charge in [-0.05, 0) is 50.1 Å². The maximum atomic E-state index is 10.1. The van der Waals surface area contributed by atoms with Crippen molar-refractivity contribution in [2.45, 2.75) is 6.10 Å². The zero-order chi connectivity index (χ0) is 11.0. The Morgan fingerprint density at radius 2 is 2.00 bits per heavy atom. The average Bonchev–Trinajstić information content (AvgIpc) is 2.71. The Hall–Kier alpha value is 0.610. The van der Waals surface area contributed by atoms with Crippen LogP contribution in [0.25, 0.3) is 0 Å². The Morgan fingerprint density at radius 3 is 2.47 bits per heavy atom. The first-order chi connectivity index (χ1) is 7.08. The van der Waals surface area contributed by atoms with Crippen LogP contribution in [-0.4, -0.2) is 5.11 Å². The fourth-order valence-corrected chi connectivity index (χ4v) is 5.12. The highest BCUT2D eigenvalue weighted by Gasteiger charge is 2.17. The molecule has 0 radical (unpaired) electrons. The van der Waals surface area contributed by atoms with Gasteiger partial charge < -0.3 is 5.11 Å². The number of hydrogen-bond donors (Lipinski definition) is 1. The lowest BCUT2D eigenvalue weighted by atomic mass is 10.2. The monoisotopic (exact) mass is 386 g/mol. The lowest BCUT2D eigenvalue weighted by Gasteiger charge is -2.06. The van der Waals surface area contributed by atoms with Crippen LogP contribution < -0.4 is 0 Å². The van der Waals surface area contributed by atoms with Crippen LogP contribution in [0, 0.1) is 0 Å². The van der Waals surface area contributed by atoms with Crippen LogP contribution in [0.1, 0.15) is 16.5 Å². The zero-order valence-corrected chi connectivity index (χ0v) is 12.8. The van der Waals surface area contributed by atoms with E-state index < -0.39 is 6.10 Å². The van der Waals surface area contributed by atoms with Gasteiger partial charge in [-0.3, -0.25) is 0 Å². The molecule has 1 nitrogen and oxygen atoms in total. The van der Waals surface area contributed by atoms with Crippen LogP contribution in [0.2, 0.25) is 4.34 Å². The van der Waals surface area contributed by atoms with Crippen molar-refractivity contribution in [3.05, 3.63) is 40.5 Å². The molecule has 80 valence electrons. The summed E-state index contributed by atoms with van der Waals surface area (Å²) < 4.78 is 2.62. The maximum Gasteiger partial charge on any atom is 0.115 e. The summed E-state index contributed by atoms with van der Waals surface area (Å²) in [5, 5.41) is 10.1. The van der Waals surface area contributed by atoms with Crippen molar-refractivity contribution in [3.63, 3.8) is 0 Å². The van der Waals surface area contributed by atoms with E-state index in [1.54, 1.807) is 17.4 Å². The molecule has 0 aliphatic rings. The predicted octanol–water partition coefficient (Wildman–Crippen LogP) is 5.07. The standard InChI is InChI=1S/C9H5Br2ClOS2/c10-6-3-4(9(11)15-6)8(13)5-1-2-7(12)14-5/h1-3,8,13H. The summed E-state index contributed by atoms with van der Waals surface area (Å²) in [5.41, 5.74) is 0.866. The third kappa shape index (κ3) is 2.65. The van der Waals surface area contributed by atoms with Crippen molar-refractivity contribution < 1.29 is 5.11 Å². The molecule has 0 saturated heterocycles. The number of rotatable bonds is 2. The lowest BCUT2D eigenvalue weighted by Crippen LogP contribution is -1.95. The largest absolute Gasteiger partial charge is 0.383 e. The van der Waals surface area contributed by atoms with Crippen molar-refractivity contribution >= 4 is 66.1 Å². The van der Waals surface area contributed by atoms with Crippen LogP contribution in [-0.2, 0) is 0 Å². The van der Waals surface area contributed by atoms with E-state index in [2.05, 4.69) is 31.9 Å². The van der Waals surface area contributed by atoms with Gasteiger partial charge in [-0.1, -0.05) is 11.6 Å². The first-order valence-corrected chi connectivity index (χ1v) is 7.55. The van der Waals surface area contributed by atoms with Crippen LogP contribution in [0.4, 0.5) is 0 Å². The minimum Gasteiger partial charge on any atom is -0.383 e. The molecule has 2 heterocycles. The lowest BCUT2D eigenvalue weighted by molar-refractivity contribution is 0.224. The van der Waals surface area contributed by atoms with E-state index in [9.17, 15) is 5.11 Å². The summed E-state index contributed by atoms with van der Waals surface area (Å²) in [5.74, 6) is 0. The Labute approximate surface area is 117 Å². The van der Waals surface area contributed by atoms with Crippen molar-refractivity contribution in [1.82, 2.24) is 0 Å². The molecule has 0 aliphatic heterocycles. The first-order valence-electron chi connectivity index (χ1n) is 3.96. The number of aliphatic hydroxyl groups excluding tert-OH is 1. The predicted molar refractivity (Wildman–Crippen MR) is 73.1 cm³/mol. The smallest absolute Gasteiger partial charge is 0.115 e. The second-order valence-corrected chi connectivity index (χ2v) is 8.32. The SMILES string of the molecule is OC(c1ccc(Cl)s1)c1cc(Br)sc1Br. The van der Waals surface area contributed by atoms with Crippen molar-refractivity contribution in [3.8, 4) is 0 Å². The van der Waals surface area contributed by atoms with Gasteiger partial charge in [-0.25, -0.2) is 0 Å². The van der Waals surface area contributed by atoms with Crippen LogP contribution in [0.5, 0.6) is 0 Å². The maximum absolute atomic E-state index is 10.1. The summed E-state index contributed by atoms with van der Waals surface area (Å²) in [6.07, 6.45) is -0.612. The Morgan fingerprint density at radius 1 is 1.27 bits per heavy atom. The minimum atomic E-state index is -0.612. The van der Waals surface area contributed by atoms with E-state index in [1.807, 2.05) is 12.1 Å². The summed E-state index contributed by atoms with van der Waals surface area (Å²) in [4.78, 5) is 0.853. The number of halogens is 3. The molecule has 1 atom stereocenters. The van der Waals surface area contributed by atoms with E-state index in [4.69, 9.17) is 11.6 Å². The van der Waals surface area contributed by atoms with Gasteiger partial charge in [0, 0.05) is 10.4 Å². The van der Waals surface area contributed by atoms with Gasteiger partial charge in [0.15, 0.2) is 0 Å². The molecule has 0 fully saturated rings. The molecule has 0 aliphatic carbocycles. The van der Waals surface area contributed by atoms with Gasteiger partial charge in [-0.15, -0.1) is 22.7 Å². The molecule has 0 amide bonds. The number of hydrogen-bond acceptors (Lipinski definition) is 3. The first kappa shape index (κ1) is 12.1. The van der Waals surface area contributed by atoms with E-state index in [0.29, 0.717) is 4.34 Å². The molecule has 0 bridgehead atoms. The quantitative estimate of drug-likeness (QED) is 0.762. The second kappa shape index (κ2) is 4.85. The van der Waals surface area contributed by atoms with Gasteiger partial charge in [0.2, 0.25) is 0 Å². The topological polar surface area (TPSA) is 20.2 Å². The van der Waals surface area contributed by atoms with E-state index >= 15 is 0 Å². The molecular weight excluding hydrogens is 383 g/mol. The van der Waals surface area contributed by atoms with Crippen molar-refractivity contribution in [2.24, 2.45) is 0 Å². The number of aliphatic hydroxyl groups is 1. The van der Waals surface area contributed by atoms with Gasteiger partial charge in [-0.2, -0.15) is 0 Å². The molecule has 2 aromatic heterocycles. The highest BCUT2D eigenvalue weighted by Crippen LogP contribution is 2.39. The molecule has 2 rings (SSSR count). The van der Waals surface area contributed by atoms with Gasteiger partial charge in [0.25, 0.3) is 0 Å². The molecular formula is C9H5Br2ClOS2. The molecule has 2 aromatic rings. The molecule has 0 spiro atoms. The van der Waals surface area contributed by atoms with Gasteiger partial charge in [0.05, 0.1) is 11.9 Å². The fraction of sp³-hybridized carbons (Fsp3) is 0.111. The van der Waals surface area contributed by atoms with Gasteiger partial charge >= 0.3 is 0 Å². The zero-order valence-electron chi connectivity index (χ0n) is 7.21. The van der Waals surface area contributed by atoms with Crippen molar-refractivity contribution in [2.75, 3.05) is 0 Å². The third-order valence-electron chi connectivity index (χ3n) is 1.84.